The number of likely N-dealkylation sites (tertiary alicyclic amines) is 1. The van der Waals surface area contributed by atoms with Gasteiger partial charge in [0.25, 0.3) is 0 Å². The molecule has 1 aromatic carbocycles. The molecule has 0 spiro atoms. The molecule has 0 aliphatic carbocycles. The van der Waals surface area contributed by atoms with Crippen LogP contribution in [0.3, 0.4) is 0 Å². The molecule has 0 saturated carbocycles. The first-order chi connectivity index (χ1) is 9.60. The van der Waals surface area contributed by atoms with Crippen LogP contribution in [0.4, 0.5) is 0 Å². The Kier molecular flexibility index (Phi) is 5.62. The molecule has 1 aromatic rings. The molecule has 1 aliphatic heterocycles. The summed E-state index contributed by atoms with van der Waals surface area (Å²) >= 11 is 0. The van der Waals surface area contributed by atoms with Crippen LogP contribution in [0.25, 0.3) is 0 Å². The van der Waals surface area contributed by atoms with Gasteiger partial charge < -0.3 is 5.11 Å². The van der Waals surface area contributed by atoms with Crippen LogP contribution in [0.5, 0.6) is 0 Å². The summed E-state index contributed by atoms with van der Waals surface area (Å²) in [5, 5.41) is 10.6. The standard InChI is InChI=1S/C18H29NO/c1-4-17-8-6-5-7-9-19(17)13-18(20)16-11-14(2)10-15(3)12-16/h10-12,17-18,20H,4-9,13H2,1-3H3. The highest BCUT2D eigenvalue weighted by molar-refractivity contribution is 5.30. The van der Waals surface area contributed by atoms with Crippen molar-refractivity contribution in [1.82, 2.24) is 4.90 Å². The van der Waals surface area contributed by atoms with Crippen molar-refractivity contribution >= 4 is 0 Å². The quantitative estimate of drug-likeness (QED) is 0.898. The van der Waals surface area contributed by atoms with Crippen LogP contribution in [-0.4, -0.2) is 29.1 Å². The Morgan fingerprint density at radius 1 is 1.15 bits per heavy atom. The monoisotopic (exact) mass is 275 g/mol. The van der Waals surface area contributed by atoms with Gasteiger partial charge in [0.1, 0.15) is 0 Å². The van der Waals surface area contributed by atoms with E-state index in [9.17, 15) is 5.11 Å². The van der Waals surface area contributed by atoms with Crippen molar-refractivity contribution in [3.05, 3.63) is 34.9 Å². The molecule has 2 atom stereocenters. The zero-order valence-electron chi connectivity index (χ0n) is 13.2. The van der Waals surface area contributed by atoms with E-state index in [1.54, 1.807) is 0 Å². The molecule has 20 heavy (non-hydrogen) atoms. The van der Waals surface area contributed by atoms with E-state index in [1.165, 1.54) is 43.2 Å². The number of hydrogen-bond acceptors (Lipinski definition) is 2. The van der Waals surface area contributed by atoms with Crippen LogP contribution in [0, 0.1) is 13.8 Å². The van der Waals surface area contributed by atoms with E-state index in [0.29, 0.717) is 6.04 Å². The molecule has 2 nitrogen and oxygen atoms in total. The summed E-state index contributed by atoms with van der Waals surface area (Å²) < 4.78 is 0. The largest absolute Gasteiger partial charge is 0.387 e. The van der Waals surface area contributed by atoms with Crippen molar-refractivity contribution in [1.29, 1.82) is 0 Å². The molecule has 1 aliphatic rings. The molecule has 112 valence electrons. The summed E-state index contributed by atoms with van der Waals surface area (Å²) in [6.45, 7) is 8.39. The van der Waals surface area contributed by atoms with Gasteiger partial charge in [-0.2, -0.15) is 0 Å². The van der Waals surface area contributed by atoms with E-state index in [4.69, 9.17) is 0 Å². The molecule has 1 N–H and O–H groups in total. The van der Waals surface area contributed by atoms with E-state index in [2.05, 4.69) is 43.9 Å². The summed E-state index contributed by atoms with van der Waals surface area (Å²) in [5.41, 5.74) is 3.55. The number of β-amino-alcohol motifs (C(OH)–C–C–N with tert-alkyl or cyclic N) is 1. The lowest BCUT2D eigenvalue weighted by molar-refractivity contribution is 0.0864. The second kappa shape index (κ2) is 7.24. The fraction of sp³-hybridized carbons (Fsp3) is 0.667. The summed E-state index contributed by atoms with van der Waals surface area (Å²) in [6.07, 6.45) is 6.08. The van der Waals surface area contributed by atoms with Gasteiger partial charge in [-0.1, -0.05) is 49.1 Å². The highest BCUT2D eigenvalue weighted by Gasteiger charge is 2.22. The smallest absolute Gasteiger partial charge is 0.0917 e. The number of rotatable bonds is 4. The maximum Gasteiger partial charge on any atom is 0.0917 e. The minimum atomic E-state index is -0.360. The van der Waals surface area contributed by atoms with Gasteiger partial charge in [-0.05, 0) is 45.2 Å². The molecule has 0 aromatic heterocycles. The molecule has 2 rings (SSSR count). The fourth-order valence-electron chi connectivity index (χ4n) is 3.47. The number of benzene rings is 1. The van der Waals surface area contributed by atoms with Crippen LogP contribution >= 0.6 is 0 Å². The molecule has 0 radical (unpaired) electrons. The predicted molar refractivity (Wildman–Crippen MR) is 85.0 cm³/mol. The van der Waals surface area contributed by atoms with E-state index < -0.39 is 0 Å². The number of aliphatic hydroxyl groups excluding tert-OH is 1. The zero-order valence-corrected chi connectivity index (χ0v) is 13.2. The molecular formula is C18H29NO. The van der Waals surface area contributed by atoms with Crippen molar-refractivity contribution in [2.75, 3.05) is 13.1 Å². The second-order valence-corrected chi connectivity index (χ2v) is 6.34. The Hall–Kier alpha value is -0.860. The third-order valence-corrected chi connectivity index (χ3v) is 4.51. The third kappa shape index (κ3) is 4.07. The lowest BCUT2D eigenvalue weighted by Gasteiger charge is -2.31. The number of aliphatic hydroxyl groups is 1. The summed E-state index contributed by atoms with van der Waals surface area (Å²) in [6, 6.07) is 7.06. The first kappa shape index (κ1) is 15.5. The molecule has 1 saturated heterocycles. The minimum absolute atomic E-state index is 0.360. The Labute approximate surface area is 123 Å². The van der Waals surface area contributed by atoms with Crippen LogP contribution < -0.4 is 0 Å². The summed E-state index contributed by atoms with van der Waals surface area (Å²) in [5.74, 6) is 0. The van der Waals surface area contributed by atoms with E-state index in [-0.39, 0.29) is 6.10 Å². The molecule has 0 bridgehead atoms. The summed E-state index contributed by atoms with van der Waals surface area (Å²) in [4.78, 5) is 2.51. The number of hydrogen-bond donors (Lipinski definition) is 1. The first-order valence-corrected chi connectivity index (χ1v) is 8.10. The molecular weight excluding hydrogens is 246 g/mol. The SMILES string of the molecule is CCC1CCCCCN1CC(O)c1cc(C)cc(C)c1. The van der Waals surface area contributed by atoms with Crippen molar-refractivity contribution < 1.29 is 5.11 Å². The van der Waals surface area contributed by atoms with Crippen LogP contribution in [0.15, 0.2) is 18.2 Å². The Morgan fingerprint density at radius 2 is 1.85 bits per heavy atom. The second-order valence-electron chi connectivity index (χ2n) is 6.34. The Morgan fingerprint density at radius 3 is 2.50 bits per heavy atom. The Bertz CT molecular complexity index is 409. The van der Waals surface area contributed by atoms with Gasteiger partial charge in [0, 0.05) is 12.6 Å². The molecule has 1 fully saturated rings. The lowest BCUT2D eigenvalue weighted by atomic mass is 10.0. The van der Waals surface area contributed by atoms with Gasteiger partial charge in [-0.15, -0.1) is 0 Å². The van der Waals surface area contributed by atoms with Crippen LogP contribution in [0.2, 0.25) is 0 Å². The average Bonchev–Trinajstić information content (AvgIpc) is 2.62. The topological polar surface area (TPSA) is 23.5 Å². The van der Waals surface area contributed by atoms with Gasteiger partial charge in [-0.25, -0.2) is 0 Å². The predicted octanol–water partition coefficient (Wildman–Crippen LogP) is 3.99. The number of nitrogens with zero attached hydrogens (tertiary/aromatic N) is 1. The normalized spacial score (nSPS) is 22.5. The van der Waals surface area contributed by atoms with Crippen molar-refractivity contribution in [3.8, 4) is 0 Å². The molecule has 1 heterocycles. The van der Waals surface area contributed by atoms with Gasteiger partial charge in [0.2, 0.25) is 0 Å². The van der Waals surface area contributed by atoms with Crippen molar-refractivity contribution in [2.45, 2.75) is 65.0 Å². The van der Waals surface area contributed by atoms with Crippen LogP contribution in [0.1, 0.15) is 61.8 Å². The highest BCUT2D eigenvalue weighted by Crippen LogP contribution is 2.24. The third-order valence-electron chi connectivity index (χ3n) is 4.51. The van der Waals surface area contributed by atoms with E-state index in [0.717, 1.165) is 18.7 Å². The highest BCUT2D eigenvalue weighted by atomic mass is 16.3. The maximum atomic E-state index is 10.6. The molecule has 2 heteroatoms. The van der Waals surface area contributed by atoms with Gasteiger partial charge in [0.05, 0.1) is 6.10 Å². The van der Waals surface area contributed by atoms with Gasteiger partial charge >= 0.3 is 0 Å². The maximum absolute atomic E-state index is 10.6. The van der Waals surface area contributed by atoms with Crippen LogP contribution in [-0.2, 0) is 0 Å². The van der Waals surface area contributed by atoms with Gasteiger partial charge in [-0.3, -0.25) is 4.90 Å². The first-order valence-electron chi connectivity index (χ1n) is 8.10. The lowest BCUT2D eigenvalue weighted by Crippen LogP contribution is -2.37. The summed E-state index contributed by atoms with van der Waals surface area (Å²) in [7, 11) is 0. The fourth-order valence-corrected chi connectivity index (χ4v) is 3.47. The van der Waals surface area contributed by atoms with Gasteiger partial charge in [0.15, 0.2) is 0 Å². The zero-order chi connectivity index (χ0) is 14.5. The van der Waals surface area contributed by atoms with Crippen molar-refractivity contribution in [3.63, 3.8) is 0 Å². The van der Waals surface area contributed by atoms with E-state index >= 15 is 0 Å². The van der Waals surface area contributed by atoms with Crippen molar-refractivity contribution in [2.24, 2.45) is 0 Å². The Balaban J connectivity index is 2.06. The number of aryl methyl sites for hydroxylation is 2. The minimum Gasteiger partial charge on any atom is -0.387 e. The molecule has 0 amide bonds. The van der Waals surface area contributed by atoms with E-state index in [1.807, 2.05) is 0 Å². The average molecular weight is 275 g/mol. The molecule has 2 unspecified atom stereocenters.